The molecule has 0 fully saturated rings. The number of nitrogens with two attached hydrogens (primary N) is 1. The van der Waals surface area contributed by atoms with Crippen LogP contribution in [-0.2, 0) is 9.53 Å². The minimum Gasteiger partial charge on any atom is -0.463 e. The smallest absolute Gasteiger partial charge is 0.305 e. The molecule has 14 heavy (non-hydrogen) atoms. The SMILES string of the molecule is C=CCN(N)C(Br)COC(=O)CCC. The second-order valence-corrected chi connectivity index (χ2v) is 3.91. The average Bonchev–Trinajstić information content (AvgIpc) is 2.15. The third kappa shape index (κ3) is 6.12. The summed E-state index contributed by atoms with van der Waals surface area (Å²) in [4.78, 5) is 10.8. The summed E-state index contributed by atoms with van der Waals surface area (Å²) in [5.74, 6) is 5.42. The second-order valence-electron chi connectivity index (χ2n) is 2.85. The number of carbonyl (C=O) groups excluding carboxylic acids is 1. The zero-order valence-electron chi connectivity index (χ0n) is 8.41. The monoisotopic (exact) mass is 264 g/mol. The maximum atomic E-state index is 11.0. The predicted octanol–water partition coefficient (Wildman–Crippen LogP) is 1.41. The van der Waals surface area contributed by atoms with Crippen LogP contribution in [0, 0.1) is 0 Å². The lowest BCUT2D eigenvalue weighted by atomic mass is 10.3. The number of alkyl halides is 1. The fourth-order valence-electron chi connectivity index (χ4n) is 0.797. The molecule has 0 aliphatic heterocycles. The van der Waals surface area contributed by atoms with E-state index in [4.69, 9.17) is 10.6 Å². The molecule has 2 N–H and O–H groups in total. The van der Waals surface area contributed by atoms with Gasteiger partial charge >= 0.3 is 5.97 Å². The normalized spacial score (nSPS) is 12.6. The molecule has 0 aromatic rings. The molecule has 4 nitrogen and oxygen atoms in total. The molecule has 0 saturated heterocycles. The molecule has 0 aromatic heterocycles. The zero-order valence-corrected chi connectivity index (χ0v) is 10.00. The van der Waals surface area contributed by atoms with Gasteiger partial charge in [0.2, 0.25) is 0 Å². The molecule has 0 saturated carbocycles. The highest BCUT2D eigenvalue weighted by Crippen LogP contribution is 2.04. The lowest BCUT2D eigenvalue weighted by Gasteiger charge is -2.20. The predicted molar refractivity (Wildman–Crippen MR) is 59.7 cm³/mol. The fourth-order valence-corrected chi connectivity index (χ4v) is 1.10. The molecule has 0 spiro atoms. The third-order valence-electron chi connectivity index (χ3n) is 1.54. The minimum absolute atomic E-state index is 0.165. The number of hydrazine groups is 1. The number of hydrogen-bond donors (Lipinski definition) is 1. The Morgan fingerprint density at radius 1 is 1.79 bits per heavy atom. The van der Waals surface area contributed by atoms with Crippen molar-refractivity contribution < 1.29 is 9.53 Å². The van der Waals surface area contributed by atoms with Crippen LogP contribution in [0.4, 0.5) is 0 Å². The van der Waals surface area contributed by atoms with Gasteiger partial charge in [-0.15, -0.1) is 6.58 Å². The Bertz CT molecular complexity index is 188. The summed E-state index contributed by atoms with van der Waals surface area (Å²) in [6.07, 6.45) is 2.93. The minimum atomic E-state index is -0.191. The van der Waals surface area contributed by atoms with Crippen LogP contribution in [-0.4, -0.2) is 29.1 Å². The van der Waals surface area contributed by atoms with Crippen molar-refractivity contribution in [1.29, 1.82) is 0 Å². The van der Waals surface area contributed by atoms with E-state index in [1.807, 2.05) is 6.92 Å². The summed E-state index contributed by atoms with van der Waals surface area (Å²) in [5, 5.41) is 1.51. The standard InChI is InChI=1S/C9H17BrN2O2/c1-3-5-9(13)14-7-8(10)12(11)6-4-2/h4,8H,2-3,5-7,11H2,1H3. The zero-order chi connectivity index (χ0) is 11.0. The molecular weight excluding hydrogens is 248 g/mol. The molecule has 0 radical (unpaired) electrons. The van der Waals surface area contributed by atoms with E-state index in [1.165, 1.54) is 5.01 Å². The van der Waals surface area contributed by atoms with E-state index in [9.17, 15) is 4.79 Å². The van der Waals surface area contributed by atoms with Crippen molar-refractivity contribution in [2.45, 2.75) is 24.7 Å². The third-order valence-corrected chi connectivity index (χ3v) is 2.33. The van der Waals surface area contributed by atoms with Crippen LogP contribution in [0.3, 0.4) is 0 Å². The molecule has 0 heterocycles. The van der Waals surface area contributed by atoms with Gasteiger partial charge in [0.1, 0.15) is 11.6 Å². The van der Waals surface area contributed by atoms with E-state index in [2.05, 4.69) is 22.5 Å². The van der Waals surface area contributed by atoms with Crippen molar-refractivity contribution >= 4 is 21.9 Å². The Morgan fingerprint density at radius 3 is 2.93 bits per heavy atom. The second kappa shape index (κ2) is 7.96. The van der Waals surface area contributed by atoms with Crippen molar-refractivity contribution in [1.82, 2.24) is 5.01 Å². The summed E-state index contributed by atoms with van der Waals surface area (Å²) in [6.45, 7) is 6.28. The van der Waals surface area contributed by atoms with Crippen molar-refractivity contribution in [3.05, 3.63) is 12.7 Å². The van der Waals surface area contributed by atoms with E-state index in [0.29, 0.717) is 13.0 Å². The van der Waals surface area contributed by atoms with Crippen LogP contribution >= 0.6 is 15.9 Å². The van der Waals surface area contributed by atoms with Crippen LogP contribution in [0.5, 0.6) is 0 Å². The van der Waals surface area contributed by atoms with Gasteiger partial charge in [0, 0.05) is 13.0 Å². The molecule has 0 aromatic carbocycles. The number of hydrogen-bond acceptors (Lipinski definition) is 4. The first-order valence-electron chi connectivity index (χ1n) is 4.53. The molecule has 1 atom stereocenters. The van der Waals surface area contributed by atoms with Crippen LogP contribution in [0.15, 0.2) is 12.7 Å². The topological polar surface area (TPSA) is 55.6 Å². The molecule has 0 bridgehead atoms. The Hall–Kier alpha value is -0.390. The van der Waals surface area contributed by atoms with Gasteiger partial charge in [-0.1, -0.05) is 28.9 Å². The van der Waals surface area contributed by atoms with Crippen molar-refractivity contribution in [2.75, 3.05) is 13.2 Å². The van der Waals surface area contributed by atoms with Gasteiger partial charge in [-0.2, -0.15) is 0 Å². The van der Waals surface area contributed by atoms with Gasteiger partial charge in [0.25, 0.3) is 0 Å². The molecule has 0 rings (SSSR count). The molecule has 82 valence electrons. The van der Waals surface area contributed by atoms with Gasteiger partial charge < -0.3 is 4.74 Å². The lowest BCUT2D eigenvalue weighted by Crippen LogP contribution is -2.40. The van der Waals surface area contributed by atoms with Crippen LogP contribution in [0.1, 0.15) is 19.8 Å². The van der Waals surface area contributed by atoms with Crippen LogP contribution < -0.4 is 5.84 Å². The number of esters is 1. The molecule has 0 aliphatic carbocycles. The van der Waals surface area contributed by atoms with E-state index in [-0.39, 0.29) is 17.5 Å². The number of nitrogens with zero attached hydrogens (tertiary/aromatic N) is 1. The maximum Gasteiger partial charge on any atom is 0.305 e. The van der Waals surface area contributed by atoms with Crippen LogP contribution in [0.25, 0.3) is 0 Å². The first kappa shape index (κ1) is 13.6. The van der Waals surface area contributed by atoms with E-state index < -0.39 is 0 Å². The van der Waals surface area contributed by atoms with E-state index in [1.54, 1.807) is 6.08 Å². The van der Waals surface area contributed by atoms with Gasteiger partial charge in [-0.3, -0.25) is 10.6 Å². The largest absolute Gasteiger partial charge is 0.463 e. The summed E-state index contributed by atoms with van der Waals surface area (Å²) in [5.41, 5.74) is 0. The Morgan fingerprint density at radius 2 is 2.43 bits per heavy atom. The molecule has 1 unspecified atom stereocenters. The summed E-state index contributed by atoms with van der Waals surface area (Å²) in [6, 6.07) is 0. The summed E-state index contributed by atoms with van der Waals surface area (Å²) in [7, 11) is 0. The summed E-state index contributed by atoms with van der Waals surface area (Å²) >= 11 is 3.30. The molecular formula is C9H17BrN2O2. The quantitative estimate of drug-likeness (QED) is 0.189. The number of carbonyl (C=O) groups is 1. The average molecular weight is 265 g/mol. The van der Waals surface area contributed by atoms with Crippen molar-refractivity contribution in [3.63, 3.8) is 0 Å². The number of halogens is 1. The summed E-state index contributed by atoms with van der Waals surface area (Å²) < 4.78 is 4.97. The molecule has 0 amide bonds. The first-order valence-corrected chi connectivity index (χ1v) is 5.45. The van der Waals surface area contributed by atoms with Gasteiger partial charge in [-0.25, -0.2) is 5.01 Å². The highest BCUT2D eigenvalue weighted by molar-refractivity contribution is 9.09. The van der Waals surface area contributed by atoms with Crippen molar-refractivity contribution in [3.8, 4) is 0 Å². The Balaban J connectivity index is 3.66. The van der Waals surface area contributed by atoms with E-state index >= 15 is 0 Å². The number of rotatable bonds is 7. The van der Waals surface area contributed by atoms with Gasteiger partial charge in [0.15, 0.2) is 0 Å². The first-order chi connectivity index (χ1) is 6.61. The van der Waals surface area contributed by atoms with Gasteiger partial charge in [-0.05, 0) is 6.42 Å². The number of ether oxygens (including phenoxy) is 1. The fraction of sp³-hybridized carbons (Fsp3) is 0.667. The van der Waals surface area contributed by atoms with Gasteiger partial charge in [0.05, 0.1) is 0 Å². The van der Waals surface area contributed by atoms with E-state index in [0.717, 1.165) is 6.42 Å². The Kier molecular flexibility index (Phi) is 7.74. The molecule has 0 aliphatic rings. The van der Waals surface area contributed by atoms with Crippen LogP contribution in [0.2, 0.25) is 0 Å². The highest BCUT2D eigenvalue weighted by Gasteiger charge is 2.12. The maximum absolute atomic E-state index is 11.0. The Labute approximate surface area is 93.2 Å². The highest BCUT2D eigenvalue weighted by atomic mass is 79.9. The molecule has 5 heteroatoms. The van der Waals surface area contributed by atoms with Crippen molar-refractivity contribution in [2.24, 2.45) is 5.84 Å². The lowest BCUT2D eigenvalue weighted by molar-refractivity contribution is -0.144.